The number of hydrogen-bond donors (Lipinski definition) is 3. The molecule has 0 spiro atoms. The van der Waals surface area contributed by atoms with Gasteiger partial charge in [0.2, 0.25) is 0 Å². The van der Waals surface area contributed by atoms with E-state index in [-0.39, 0.29) is 25.7 Å². The van der Waals surface area contributed by atoms with Crippen LogP contribution in [0.2, 0.25) is 0 Å². The summed E-state index contributed by atoms with van der Waals surface area (Å²) in [5.74, 6) is -1.32. The third-order valence-electron chi connectivity index (χ3n) is 18.3. The molecule has 0 aliphatic carbocycles. The van der Waals surface area contributed by atoms with Gasteiger partial charge in [-0.1, -0.05) is 362 Å². The van der Waals surface area contributed by atoms with Crippen LogP contribution in [0, 0.1) is 5.92 Å². The van der Waals surface area contributed by atoms with Crippen LogP contribution in [0.3, 0.4) is 0 Å². The molecule has 0 aliphatic heterocycles. The summed E-state index contributed by atoms with van der Waals surface area (Å²) >= 11 is 0. The summed E-state index contributed by atoms with van der Waals surface area (Å²) in [5, 5.41) is 10.6. The van der Waals surface area contributed by atoms with Crippen molar-refractivity contribution >= 4 is 39.5 Å². The summed E-state index contributed by atoms with van der Waals surface area (Å²) in [6, 6.07) is 0. The van der Waals surface area contributed by atoms with Gasteiger partial charge in [0.05, 0.1) is 26.4 Å². The molecule has 576 valence electrons. The molecule has 3 N–H and O–H groups in total. The second-order valence-electron chi connectivity index (χ2n) is 28.6. The van der Waals surface area contributed by atoms with Gasteiger partial charge in [-0.3, -0.25) is 37.3 Å². The highest BCUT2D eigenvalue weighted by molar-refractivity contribution is 7.47. The fraction of sp³-hybridized carbons (Fsp3) is 0.949. The number of aliphatic hydroxyl groups excluding tert-OH is 1. The van der Waals surface area contributed by atoms with Gasteiger partial charge in [-0.05, 0) is 31.6 Å². The number of unbranched alkanes of at least 4 members (excludes halogenated alkanes) is 50. The van der Waals surface area contributed by atoms with Gasteiger partial charge in [0.15, 0.2) is 12.2 Å². The van der Waals surface area contributed by atoms with Crippen molar-refractivity contribution in [1.29, 1.82) is 0 Å². The Hall–Kier alpha value is -1.94. The highest BCUT2D eigenvalue weighted by Crippen LogP contribution is 2.45. The van der Waals surface area contributed by atoms with Gasteiger partial charge in [-0.2, -0.15) is 0 Å². The second kappa shape index (κ2) is 71.1. The number of carbonyl (C=O) groups is 4. The van der Waals surface area contributed by atoms with Gasteiger partial charge in [-0.15, -0.1) is 0 Å². The Bertz CT molecular complexity index is 1860. The van der Waals surface area contributed by atoms with Crippen molar-refractivity contribution in [3.8, 4) is 0 Å². The SMILES string of the molecule is CCCCCCCCCCCCCCCCCCCCCC(=O)O[C@H](COC(=O)CCCCCCCCCCCCCCCC(C)C)COP(=O)(O)OC[C@@H](O)COP(=O)(O)OC[C@@H](COC(=O)CCCCCCCCCCC)OC(=O)CCCCCCCCCCCCCCC. The third-order valence-corrected chi connectivity index (χ3v) is 20.2. The van der Waals surface area contributed by atoms with Gasteiger partial charge in [0, 0.05) is 25.7 Å². The van der Waals surface area contributed by atoms with Crippen molar-refractivity contribution in [3.63, 3.8) is 0 Å². The molecule has 0 radical (unpaired) electrons. The molecule has 0 saturated heterocycles. The Balaban J connectivity index is 5.22. The minimum atomic E-state index is -4.96. The van der Waals surface area contributed by atoms with E-state index in [9.17, 15) is 43.2 Å². The standard InChI is InChI=1S/C78H152O17P2/c1-6-9-12-15-18-21-23-25-26-27-28-29-30-34-39-44-49-54-59-64-78(83)95-74(68-89-76(81)62-57-52-47-42-37-35-31-33-36-41-45-50-55-60-71(4)5)70-93-97(86,87)91-66-72(79)65-90-96(84,85)92-69-73(67-88-75(80)61-56-51-46-40-20-17-14-11-8-3)94-77(82)63-58-53-48-43-38-32-24-22-19-16-13-10-7-2/h71-74,79H,6-70H2,1-5H3,(H,84,85)(H,86,87)/t72-,73+,74+/m0/s1. The number of phosphoric acid groups is 2. The maximum Gasteiger partial charge on any atom is 0.472 e. The first kappa shape index (κ1) is 95.1. The lowest BCUT2D eigenvalue weighted by Gasteiger charge is -2.21. The van der Waals surface area contributed by atoms with Crippen molar-refractivity contribution in [2.24, 2.45) is 5.92 Å². The lowest BCUT2D eigenvalue weighted by Crippen LogP contribution is -2.30. The zero-order valence-electron chi connectivity index (χ0n) is 63.2. The first-order valence-corrected chi connectivity index (χ1v) is 43.6. The number of esters is 4. The van der Waals surface area contributed by atoms with Gasteiger partial charge < -0.3 is 33.8 Å². The van der Waals surface area contributed by atoms with Crippen LogP contribution in [0.25, 0.3) is 0 Å². The van der Waals surface area contributed by atoms with E-state index in [1.54, 1.807) is 0 Å². The van der Waals surface area contributed by atoms with Crippen LogP contribution in [0.15, 0.2) is 0 Å². The van der Waals surface area contributed by atoms with Gasteiger partial charge >= 0.3 is 39.5 Å². The first-order valence-electron chi connectivity index (χ1n) is 40.6. The largest absolute Gasteiger partial charge is 0.472 e. The molecule has 0 amide bonds. The van der Waals surface area contributed by atoms with E-state index in [4.69, 9.17) is 37.0 Å². The van der Waals surface area contributed by atoms with E-state index in [1.165, 1.54) is 238 Å². The van der Waals surface area contributed by atoms with E-state index in [0.29, 0.717) is 25.7 Å². The predicted molar refractivity (Wildman–Crippen MR) is 395 cm³/mol. The molecule has 0 bridgehead atoms. The summed E-state index contributed by atoms with van der Waals surface area (Å²) in [6.07, 6.45) is 61.0. The van der Waals surface area contributed by atoms with Gasteiger partial charge in [0.1, 0.15) is 19.3 Å². The average molecular weight is 1420 g/mol. The van der Waals surface area contributed by atoms with E-state index in [1.807, 2.05) is 0 Å². The van der Waals surface area contributed by atoms with Crippen LogP contribution in [0.4, 0.5) is 0 Å². The quantitative estimate of drug-likeness (QED) is 0.0222. The highest BCUT2D eigenvalue weighted by Gasteiger charge is 2.30. The molecule has 17 nitrogen and oxygen atoms in total. The fourth-order valence-electron chi connectivity index (χ4n) is 12.1. The summed E-state index contributed by atoms with van der Waals surface area (Å²) in [5.41, 5.74) is 0. The Morgan fingerprint density at radius 1 is 0.278 bits per heavy atom. The molecular formula is C78H152O17P2. The lowest BCUT2D eigenvalue weighted by atomic mass is 10.0. The van der Waals surface area contributed by atoms with E-state index in [0.717, 1.165) is 95.8 Å². The molecule has 0 rings (SSSR count). The summed E-state index contributed by atoms with van der Waals surface area (Å²) < 4.78 is 68.6. The fourth-order valence-corrected chi connectivity index (χ4v) is 13.6. The normalized spacial score (nSPS) is 13.9. The summed E-state index contributed by atoms with van der Waals surface area (Å²) in [7, 11) is -9.91. The van der Waals surface area contributed by atoms with Crippen LogP contribution in [-0.4, -0.2) is 96.7 Å². The molecule has 5 atom stereocenters. The molecule has 0 saturated carbocycles. The van der Waals surface area contributed by atoms with Crippen molar-refractivity contribution < 1.29 is 80.2 Å². The number of rotatable bonds is 78. The third kappa shape index (κ3) is 72.2. The molecule has 0 heterocycles. The Morgan fingerprint density at radius 2 is 0.474 bits per heavy atom. The molecule has 0 aromatic rings. The molecule has 2 unspecified atom stereocenters. The first-order chi connectivity index (χ1) is 47.0. The molecule has 97 heavy (non-hydrogen) atoms. The van der Waals surface area contributed by atoms with Gasteiger partial charge in [-0.25, -0.2) is 9.13 Å². The van der Waals surface area contributed by atoms with Crippen LogP contribution < -0.4 is 0 Å². The summed E-state index contributed by atoms with van der Waals surface area (Å²) in [4.78, 5) is 72.8. The van der Waals surface area contributed by atoms with Crippen molar-refractivity contribution in [2.45, 2.75) is 432 Å². The molecule has 0 aromatic heterocycles. The minimum absolute atomic E-state index is 0.108. The highest BCUT2D eigenvalue weighted by atomic mass is 31.2. The van der Waals surface area contributed by atoms with E-state index < -0.39 is 97.5 Å². The number of ether oxygens (including phenoxy) is 4. The maximum absolute atomic E-state index is 13.1. The number of phosphoric ester groups is 2. The monoisotopic (exact) mass is 1420 g/mol. The van der Waals surface area contributed by atoms with E-state index >= 15 is 0 Å². The average Bonchev–Trinajstić information content (AvgIpc) is 1.46. The molecule has 19 heteroatoms. The van der Waals surface area contributed by atoms with Crippen LogP contribution in [0.5, 0.6) is 0 Å². The Morgan fingerprint density at radius 3 is 0.701 bits per heavy atom. The van der Waals surface area contributed by atoms with Crippen molar-refractivity contribution in [2.75, 3.05) is 39.6 Å². The van der Waals surface area contributed by atoms with Crippen LogP contribution >= 0.6 is 15.6 Å². The minimum Gasteiger partial charge on any atom is -0.462 e. The molecule has 0 fully saturated rings. The van der Waals surface area contributed by atoms with Gasteiger partial charge in [0.25, 0.3) is 0 Å². The predicted octanol–water partition coefficient (Wildman–Crippen LogP) is 23.3. The van der Waals surface area contributed by atoms with Crippen LogP contribution in [0.1, 0.15) is 413 Å². The number of hydrogen-bond acceptors (Lipinski definition) is 15. The molecular weight excluding hydrogens is 1270 g/mol. The Labute approximate surface area is 594 Å². The Kier molecular flexibility index (Phi) is 69.6. The summed E-state index contributed by atoms with van der Waals surface area (Å²) in [6.45, 7) is 7.32. The zero-order chi connectivity index (χ0) is 71.2. The second-order valence-corrected chi connectivity index (χ2v) is 31.5. The molecule has 0 aliphatic rings. The van der Waals surface area contributed by atoms with Crippen molar-refractivity contribution in [3.05, 3.63) is 0 Å². The van der Waals surface area contributed by atoms with E-state index in [2.05, 4.69) is 34.6 Å². The smallest absolute Gasteiger partial charge is 0.462 e. The topological polar surface area (TPSA) is 237 Å². The van der Waals surface area contributed by atoms with Crippen molar-refractivity contribution in [1.82, 2.24) is 0 Å². The zero-order valence-corrected chi connectivity index (χ0v) is 65.0. The number of aliphatic hydroxyl groups is 1. The maximum atomic E-state index is 13.1. The van der Waals surface area contributed by atoms with Crippen LogP contribution in [-0.2, 0) is 65.4 Å². The lowest BCUT2D eigenvalue weighted by molar-refractivity contribution is -0.161. The number of carbonyl (C=O) groups excluding carboxylic acids is 4. The molecule has 0 aromatic carbocycles.